The second-order valence-electron chi connectivity index (χ2n) is 4.65. The molecule has 0 saturated carbocycles. The number of fused-ring (bicyclic) bond motifs is 1. The Morgan fingerprint density at radius 1 is 1.15 bits per heavy atom. The quantitative estimate of drug-likeness (QED) is 0.872. The summed E-state index contributed by atoms with van der Waals surface area (Å²) in [6, 6.07) is 9.02. The van der Waals surface area contributed by atoms with Gasteiger partial charge in [0.15, 0.2) is 0 Å². The second kappa shape index (κ2) is 4.86. The lowest BCUT2D eigenvalue weighted by Gasteiger charge is -2.26. The molecular weight excluding hydrogens is 267 g/mol. The number of nitrogens with zero attached hydrogens (tertiary/aromatic N) is 2. The van der Waals surface area contributed by atoms with Crippen molar-refractivity contribution in [1.29, 1.82) is 0 Å². The van der Waals surface area contributed by atoms with E-state index in [-0.39, 0.29) is 6.04 Å². The van der Waals surface area contributed by atoms with Gasteiger partial charge in [0.1, 0.15) is 0 Å². The van der Waals surface area contributed by atoms with E-state index in [0.717, 1.165) is 11.1 Å². The van der Waals surface area contributed by atoms with Crippen molar-refractivity contribution in [2.45, 2.75) is 18.6 Å². The van der Waals surface area contributed by atoms with Crippen molar-refractivity contribution in [2.24, 2.45) is 0 Å². The molecule has 0 saturated heterocycles. The van der Waals surface area contributed by atoms with E-state index in [4.69, 9.17) is 0 Å². The van der Waals surface area contributed by atoms with Gasteiger partial charge in [0.25, 0.3) is 0 Å². The van der Waals surface area contributed by atoms with Crippen molar-refractivity contribution >= 4 is 0 Å². The Morgan fingerprint density at radius 3 is 2.60 bits per heavy atom. The van der Waals surface area contributed by atoms with Crippen molar-refractivity contribution in [3.63, 3.8) is 0 Å². The summed E-state index contributed by atoms with van der Waals surface area (Å²) in [5.41, 5.74) is 2.09. The summed E-state index contributed by atoms with van der Waals surface area (Å²) in [6.07, 6.45) is -2.59. The highest BCUT2D eigenvalue weighted by Crippen LogP contribution is 2.31. The first-order chi connectivity index (χ1) is 9.55. The molecule has 1 atom stereocenters. The number of hydrogen-bond donors (Lipinski definition) is 1. The number of nitrogens with one attached hydrogen (secondary N) is 1. The maximum Gasteiger partial charge on any atom is 0.451 e. The molecule has 1 unspecified atom stereocenters. The summed E-state index contributed by atoms with van der Waals surface area (Å²) in [5, 5.41) is 3.21. The molecule has 20 heavy (non-hydrogen) atoms. The van der Waals surface area contributed by atoms with Crippen molar-refractivity contribution in [3.8, 4) is 0 Å². The SMILES string of the molecule is FC(F)(F)c1ncc2c(n1)C(c1ccccc1)NCC2. The molecule has 0 radical (unpaired) electrons. The van der Waals surface area contributed by atoms with Crippen LogP contribution in [-0.2, 0) is 12.6 Å². The fourth-order valence-corrected chi connectivity index (χ4v) is 2.37. The maximum absolute atomic E-state index is 12.7. The van der Waals surface area contributed by atoms with E-state index in [2.05, 4.69) is 15.3 Å². The van der Waals surface area contributed by atoms with Crippen molar-refractivity contribution < 1.29 is 13.2 Å². The maximum atomic E-state index is 12.7. The van der Waals surface area contributed by atoms with Gasteiger partial charge in [0, 0.05) is 12.7 Å². The van der Waals surface area contributed by atoms with Crippen molar-refractivity contribution in [2.75, 3.05) is 6.54 Å². The first-order valence-corrected chi connectivity index (χ1v) is 6.27. The highest BCUT2D eigenvalue weighted by molar-refractivity contribution is 5.34. The predicted molar refractivity (Wildman–Crippen MR) is 67.0 cm³/mol. The number of rotatable bonds is 1. The van der Waals surface area contributed by atoms with E-state index in [1.807, 2.05) is 30.3 Å². The Hall–Kier alpha value is -1.95. The van der Waals surface area contributed by atoms with E-state index in [1.165, 1.54) is 6.20 Å². The van der Waals surface area contributed by atoms with Gasteiger partial charge >= 0.3 is 6.18 Å². The minimum atomic E-state index is -4.52. The number of benzene rings is 1. The lowest BCUT2D eigenvalue weighted by Crippen LogP contribution is -2.32. The monoisotopic (exact) mass is 279 g/mol. The summed E-state index contributed by atoms with van der Waals surface area (Å²) in [5.74, 6) is -1.08. The van der Waals surface area contributed by atoms with Crippen LogP contribution in [0.15, 0.2) is 36.5 Å². The Kier molecular flexibility index (Phi) is 3.17. The molecule has 2 aromatic rings. The van der Waals surface area contributed by atoms with Crippen molar-refractivity contribution in [1.82, 2.24) is 15.3 Å². The first kappa shape index (κ1) is 13.1. The molecular formula is C14H12F3N3. The van der Waals surface area contributed by atoms with Crippen LogP contribution >= 0.6 is 0 Å². The molecule has 3 rings (SSSR count). The zero-order valence-electron chi connectivity index (χ0n) is 10.5. The fraction of sp³-hybridized carbons (Fsp3) is 0.286. The predicted octanol–water partition coefficient (Wildman–Crippen LogP) is 2.73. The molecule has 0 amide bonds. The first-order valence-electron chi connectivity index (χ1n) is 6.27. The fourth-order valence-electron chi connectivity index (χ4n) is 2.37. The minimum absolute atomic E-state index is 0.316. The smallest absolute Gasteiger partial charge is 0.305 e. The Morgan fingerprint density at radius 2 is 1.90 bits per heavy atom. The number of hydrogen-bond acceptors (Lipinski definition) is 3. The molecule has 3 nitrogen and oxygen atoms in total. The molecule has 104 valence electrons. The molecule has 1 aliphatic rings. The average Bonchev–Trinajstić information content (AvgIpc) is 2.46. The van der Waals surface area contributed by atoms with E-state index < -0.39 is 12.0 Å². The Balaban J connectivity index is 2.07. The highest BCUT2D eigenvalue weighted by Gasteiger charge is 2.36. The highest BCUT2D eigenvalue weighted by atomic mass is 19.4. The van der Waals surface area contributed by atoms with Crippen LogP contribution in [0.25, 0.3) is 0 Å². The molecule has 1 aromatic carbocycles. The molecule has 0 aliphatic carbocycles. The zero-order valence-corrected chi connectivity index (χ0v) is 10.5. The average molecular weight is 279 g/mol. The standard InChI is InChI=1S/C14H12F3N3/c15-14(16,17)13-19-8-10-6-7-18-11(12(10)20-13)9-4-2-1-3-5-9/h1-5,8,11,18H,6-7H2. The third-order valence-electron chi connectivity index (χ3n) is 3.30. The molecule has 2 heterocycles. The summed E-state index contributed by atoms with van der Waals surface area (Å²) in [6.45, 7) is 0.696. The summed E-state index contributed by atoms with van der Waals surface area (Å²) >= 11 is 0. The summed E-state index contributed by atoms with van der Waals surface area (Å²) < 4.78 is 38.2. The summed E-state index contributed by atoms with van der Waals surface area (Å²) in [4.78, 5) is 7.17. The Bertz CT molecular complexity index is 611. The van der Waals surface area contributed by atoms with Gasteiger partial charge in [-0.15, -0.1) is 0 Å². The van der Waals surface area contributed by atoms with E-state index in [9.17, 15) is 13.2 Å². The van der Waals surface area contributed by atoms with Crippen LogP contribution in [0.3, 0.4) is 0 Å². The molecule has 0 fully saturated rings. The molecule has 0 spiro atoms. The number of alkyl halides is 3. The topological polar surface area (TPSA) is 37.8 Å². The largest absolute Gasteiger partial charge is 0.451 e. The molecule has 1 aliphatic heterocycles. The van der Waals surface area contributed by atoms with Gasteiger partial charge < -0.3 is 5.32 Å². The molecule has 0 bridgehead atoms. The van der Waals surface area contributed by atoms with Crippen LogP contribution in [0.2, 0.25) is 0 Å². The van der Waals surface area contributed by atoms with E-state index in [0.29, 0.717) is 18.7 Å². The van der Waals surface area contributed by atoms with Gasteiger partial charge in [-0.25, -0.2) is 9.97 Å². The molecule has 1 aromatic heterocycles. The van der Waals surface area contributed by atoms with Crippen LogP contribution in [0.1, 0.15) is 28.7 Å². The van der Waals surface area contributed by atoms with Crippen LogP contribution in [-0.4, -0.2) is 16.5 Å². The normalized spacial score (nSPS) is 18.6. The van der Waals surface area contributed by atoms with E-state index in [1.54, 1.807) is 0 Å². The third-order valence-corrected chi connectivity index (χ3v) is 3.30. The molecule has 1 N–H and O–H groups in total. The second-order valence-corrected chi connectivity index (χ2v) is 4.65. The van der Waals surface area contributed by atoms with Gasteiger partial charge in [-0.1, -0.05) is 30.3 Å². The van der Waals surface area contributed by atoms with E-state index >= 15 is 0 Å². The summed E-state index contributed by atoms with van der Waals surface area (Å²) in [7, 11) is 0. The van der Waals surface area contributed by atoms with Crippen LogP contribution < -0.4 is 5.32 Å². The van der Waals surface area contributed by atoms with Gasteiger partial charge in [0.2, 0.25) is 5.82 Å². The number of halogens is 3. The number of aromatic nitrogens is 2. The lowest BCUT2D eigenvalue weighted by atomic mass is 9.95. The zero-order chi connectivity index (χ0) is 14.2. The third kappa shape index (κ3) is 2.38. The lowest BCUT2D eigenvalue weighted by molar-refractivity contribution is -0.145. The van der Waals surface area contributed by atoms with Gasteiger partial charge in [-0.05, 0) is 17.5 Å². The van der Waals surface area contributed by atoms with Gasteiger partial charge in [-0.2, -0.15) is 13.2 Å². The van der Waals surface area contributed by atoms with Crippen LogP contribution in [0.5, 0.6) is 0 Å². The van der Waals surface area contributed by atoms with Gasteiger partial charge in [-0.3, -0.25) is 0 Å². The van der Waals surface area contributed by atoms with Crippen LogP contribution in [0, 0.1) is 0 Å². The molecule has 6 heteroatoms. The van der Waals surface area contributed by atoms with Crippen molar-refractivity contribution in [3.05, 3.63) is 59.2 Å². The minimum Gasteiger partial charge on any atom is -0.305 e. The Labute approximate surface area is 113 Å². The van der Waals surface area contributed by atoms with Crippen LogP contribution in [0.4, 0.5) is 13.2 Å². The van der Waals surface area contributed by atoms with Gasteiger partial charge in [0.05, 0.1) is 11.7 Å².